The summed E-state index contributed by atoms with van der Waals surface area (Å²) in [7, 11) is 1.56. The lowest BCUT2D eigenvalue weighted by Gasteiger charge is -2.11. The van der Waals surface area contributed by atoms with E-state index in [2.05, 4.69) is 21.2 Å². The number of carboxylic acid groups (broad SMARTS) is 1. The molecule has 2 aromatic carbocycles. The molecule has 0 aromatic heterocycles. The minimum absolute atomic E-state index is 0.249. The van der Waals surface area contributed by atoms with Crippen molar-refractivity contribution in [3.63, 3.8) is 0 Å². The Morgan fingerprint density at radius 3 is 2.71 bits per heavy atom. The summed E-state index contributed by atoms with van der Waals surface area (Å²) in [5, 5.41) is 12.7. The Kier molecular flexibility index (Phi) is 5.09. The Bertz CT molecular complexity index is 676. The summed E-state index contributed by atoms with van der Waals surface area (Å²) in [6.45, 7) is 0.547. The van der Waals surface area contributed by atoms with Crippen LogP contribution in [-0.2, 0) is 6.54 Å². The number of carbonyl (C=O) groups is 1. The third-order valence-corrected chi connectivity index (χ3v) is 3.98. The van der Waals surface area contributed by atoms with Crippen LogP contribution in [0.1, 0.15) is 15.9 Å². The second-order valence-corrected chi connectivity index (χ2v) is 5.58. The molecule has 0 amide bonds. The van der Waals surface area contributed by atoms with Crippen LogP contribution in [0.4, 0.5) is 5.69 Å². The maximum absolute atomic E-state index is 10.9. The van der Waals surface area contributed by atoms with Crippen LogP contribution >= 0.6 is 27.5 Å². The van der Waals surface area contributed by atoms with Crippen LogP contribution in [0, 0.1) is 0 Å². The zero-order valence-electron chi connectivity index (χ0n) is 11.2. The van der Waals surface area contributed by atoms with E-state index in [-0.39, 0.29) is 5.56 Å². The third kappa shape index (κ3) is 3.89. The number of hydrogen-bond acceptors (Lipinski definition) is 3. The summed E-state index contributed by atoms with van der Waals surface area (Å²) in [4.78, 5) is 10.9. The summed E-state index contributed by atoms with van der Waals surface area (Å²) in [5.74, 6) is -0.348. The van der Waals surface area contributed by atoms with E-state index in [1.807, 2.05) is 12.1 Å². The van der Waals surface area contributed by atoms with Crippen molar-refractivity contribution >= 4 is 39.2 Å². The van der Waals surface area contributed by atoms with E-state index in [9.17, 15) is 4.79 Å². The zero-order valence-corrected chi connectivity index (χ0v) is 13.5. The van der Waals surface area contributed by atoms with E-state index < -0.39 is 5.97 Å². The number of benzene rings is 2. The lowest BCUT2D eigenvalue weighted by atomic mass is 10.1. The average molecular weight is 371 g/mol. The molecule has 2 aromatic rings. The number of ether oxygens (including phenoxy) is 1. The van der Waals surface area contributed by atoms with Gasteiger partial charge in [-0.15, -0.1) is 0 Å². The smallest absolute Gasteiger partial charge is 0.335 e. The topological polar surface area (TPSA) is 58.6 Å². The molecule has 0 unspecified atom stereocenters. The quantitative estimate of drug-likeness (QED) is 0.818. The lowest BCUT2D eigenvalue weighted by Crippen LogP contribution is -2.02. The standard InChI is InChI=1S/C15H13BrClNO3/c1-21-14-7-11(4-5-13(14)17)18-8-10-3-2-9(15(19)20)6-12(10)16/h2-7,18H,8H2,1H3,(H,19,20). The van der Waals surface area contributed by atoms with E-state index in [4.69, 9.17) is 21.4 Å². The van der Waals surface area contributed by atoms with E-state index in [0.29, 0.717) is 17.3 Å². The molecule has 0 fully saturated rings. The van der Waals surface area contributed by atoms with Gasteiger partial charge in [0.2, 0.25) is 0 Å². The third-order valence-electron chi connectivity index (χ3n) is 2.93. The molecule has 2 rings (SSSR count). The SMILES string of the molecule is COc1cc(NCc2ccc(C(=O)O)cc2Br)ccc1Cl. The molecule has 6 heteroatoms. The molecule has 0 aliphatic heterocycles. The van der Waals surface area contributed by atoms with Gasteiger partial charge in [-0.1, -0.05) is 33.6 Å². The monoisotopic (exact) mass is 369 g/mol. The second-order valence-electron chi connectivity index (χ2n) is 4.31. The van der Waals surface area contributed by atoms with Crippen LogP contribution < -0.4 is 10.1 Å². The van der Waals surface area contributed by atoms with Crippen molar-refractivity contribution in [3.8, 4) is 5.75 Å². The minimum Gasteiger partial charge on any atom is -0.495 e. The molecule has 0 heterocycles. The highest BCUT2D eigenvalue weighted by molar-refractivity contribution is 9.10. The van der Waals surface area contributed by atoms with Crippen LogP contribution in [0.3, 0.4) is 0 Å². The molecule has 21 heavy (non-hydrogen) atoms. The van der Waals surface area contributed by atoms with Gasteiger partial charge in [0.15, 0.2) is 0 Å². The summed E-state index contributed by atoms with van der Waals surface area (Å²) in [6, 6.07) is 10.3. The maximum atomic E-state index is 10.9. The summed E-state index contributed by atoms with van der Waals surface area (Å²) in [6.07, 6.45) is 0. The molecule has 2 N–H and O–H groups in total. The Hall–Kier alpha value is -1.72. The second kappa shape index (κ2) is 6.83. The highest BCUT2D eigenvalue weighted by Crippen LogP contribution is 2.28. The summed E-state index contributed by atoms with van der Waals surface area (Å²) < 4.78 is 5.90. The fourth-order valence-corrected chi connectivity index (χ4v) is 2.50. The number of halogens is 2. The number of anilines is 1. The number of hydrogen-bond donors (Lipinski definition) is 2. The molecule has 0 saturated carbocycles. The fourth-order valence-electron chi connectivity index (χ4n) is 1.79. The minimum atomic E-state index is -0.947. The molecule has 0 spiro atoms. The lowest BCUT2D eigenvalue weighted by molar-refractivity contribution is 0.0697. The number of nitrogens with one attached hydrogen (secondary N) is 1. The largest absolute Gasteiger partial charge is 0.495 e. The summed E-state index contributed by atoms with van der Waals surface area (Å²) in [5.41, 5.74) is 2.07. The maximum Gasteiger partial charge on any atom is 0.335 e. The fraction of sp³-hybridized carbons (Fsp3) is 0.133. The Balaban J connectivity index is 2.11. The first-order valence-corrected chi connectivity index (χ1v) is 7.27. The molecule has 4 nitrogen and oxygen atoms in total. The average Bonchev–Trinajstić information content (AvgIpc) is 2.47. The predicted octanol–water partition coefficient (Wildman–Crippen LogP) is 4.42. The van der Waals surface area contributed by atoms with Gasteiger partial charge in [0.05, 0.1) is 17.7 Å². The van der Waals surface area contributed by atoms with Crippen LogP contribution in [0.5, 0.6) is 5.75 Å². The predicted molar refractivity (Wildman–Crippen MR) is 86.4 cm³/mol. The van der Waals surface area contributed by atoms with Gasteiger partial charge in [-0.25, -0.2) is 4.79 Å². The van der Waals surface area contributed by atoms with Crippen molar-refractivity contribution in [1.29, 1.82) is 0 Å². The van der Waals surface area contributed by atoms with E-state index >= 15 is 0 Å². The van der Waals surface area contributed by atoms with E-state index in [1.165, 1.54) is 0 Å². The van der Waals surface area contributed by atoms with Crippen molar-refractivity contribution in [3.05, 3.63) is 57.0 Å². The summed E-state index contributed by atoms with van der Waals surface area (Å²) >= 11 is 9.35. The molecule has 110 valence electrons. The zero-order chi connectivity index (χ0) is 15.4. The van der Waals surface area contributed by atoms with Crippen LogP contribution in [0.2, 0.25) is 5.02 Å². The van der Waals surface area contributed by atoms with Gasteiger partial charge in [0.25, 0.3) is 0 Å². The highest BCUT2D eigenvalue weighted by Gasteiger charge is 2.07. The molecular weight excluding hydrogens is 358 g/mol. The van der Waals surface area contributed by atoms with Crippen molar-refractivity contribution in [2.24, 2.45) is 0 Å². The normalized spacial score (nSPS) is 10.2. The van der Waals surface area contributed by atoms with Crippen LogP contribution in [0.15, 0.2) is 40.9 Å². The first-order valence-electron chi connectivity index (χ1n) is 6.10. The van der Waals surface area contributed by atoms with Gasteiger partial charge < -0.3 is 15.2 Å². The first-order chi connectivity index (χ1) is 10.0. The molecule has 0 aliphatic carbocycles. The molecule has 0 saturated heterocycles. The van der Waals surface area contributed by atoms with Crippen LogP contribution in [-0.4, -0.2) is 18.2 Å². The van der Waals surface area contributed by atoms with Gasteiger partial charge in [-0.05, 0) is 29.8 Å². The van der Waals surface area contributed by atoms with Gasteiger partial charge in [-0.3, -0.25) is 0 Å². The number of rotatable bonds is 5. The Morgan fingerprint density at radius 2 is 2.10 bits per heavy atom. The van der Waals surface area contributed by atoms with Crippen molar-refractivity contribution in [1.82, 2.24) is 0 Å². The number of methoxy groups -OCH3 is 1. The molecule has 0 aliphatic rings. The van der Waals surface area contributed by atoms with E-state index in [1.54, 1.807) is 31.4 Å². The van der Waals surface area contributed by atoms with Crippen LogP contribution in [0.25, 0.3) is 0 Å². The molecular formula is C15H13BrClNO3. The molecule has 0 atom stereocenters. The van der Waals surface area contributed by atoms with Gasteiger partial charge in [0.1, 0.15) is 5.75 Å². The van der Waals surface area contributed by atoms with Crippen molar-refractivity contribution in [2.75, 3.05) is 12.4 Å². The molecule has 0 radical (unpaired) electrons. The number of aromatic carboxylic acids is 1. The first kappa shape index (κ1) is 15.7. The van der Waals surface area contributed by atoms with Crippen molar-refractivity contribution < 1.29 is 14.6 Å². The van der Waals surface area contributed by atoms with Gasteiger partial charge >= 0.3 is 5.97 Å². The number of carboxylic acids is 1. The van der Waals surface area contributed by atoms with E-state index in [0.717, 1.165) is 15.7 Å². The van der Waals surface area contributed by atoms with Gasteiger partial charge in [-0.2, -0.15) is 0 Å². The van der Waals surface area contributed by atoms with Crippen molar-refractivity contribution in [2.45, 2.75) is 6.54 Å². The molecule has 0 bridgehead atoms. The van der Waals surface area contributed by atoms with Gasteiger partial charge in [0, 0.05) is 22.8 Å². The Labute approximate surface area is 135 Å². The highest BCUT2D eigenvalue weighted by atomic mass is 79.9. The Morgan fingerprint density at radius 1 is 1.33 bits per heavy atom.